The number of nitrogens with one attached hydrogen (secondary N) is 1. The van der Waals surface area contributed by atoms with Crippen LogP contribution in [0.3, 0.4) is 0 Å². The second-order valence-corrected chi connectivity index (χ2v) is 12.1. The minimum absolute atomic E-state index is 0.156. The maximum absolute atomic E-state index is 14.4. The molecule has 2 atom stereocenters. The van der Waals surface area contributed by atoms with E-state index in [9.17, 15) is 4.79 Å². The van der Waals surface area contributed by atoms with E-state index in [-0.39, 0.29) is 11.9 Å². The maximum atomic E-state index is 14.4. The molecule has 0 spiro atoms. The van der Waals surface area contributed by atoms with Crippen LogP contribution in [-0.4, -0.2) is 28.4 Å². The first kappa shape index (κ1) is 24.6. The van der Waals surface area contributed by atoms with Crippen LogP contribution in [0.1, 0.15) is 89.0 Å². The molecule has 1 saturated heterocycles. The number of likely N-dealkylation sites (tertiary alicyclic amines) is 1. The van der Waals surface area contributed by atoms with E-state index in [2.05, 4.69) is 48.5 Å². The quantitative estimate of drug-likeness (QED) is 0.399. The Labute approximate surface area is 222 Å². The molecular formula is C33H41N3O. The number of benzene rings is 2. The van der Waals surface area contributed by atoms with Crippen LogP contribution in [0.15, 0.2) is 59.6 Å². The van der Waals surface area contributed by atoms with Crippen molar-refractivity contribution in [1.29, 1.82) is 5.41 Å². The summed E-state index contributed by atoms with van der Waals surface area (Å²) >= 11 is 0. The lowest BCUT2D eigenvalue weighted by Gasteiger charge is -2.42. The van der Waals surface area contributed by atoms with Gasteiger partial charge in [0, 0.05) is 0 Å². The zero-order chi connectivity index (χ0) is 25.2. The Morgan fingerprint density at radius 3 is 2.11 bits per heavy atom. The molecule has 4 nitrogen and oxygen atoms in total. The molecule has 2 heterocycles. The van der Waals surface area contributed by atoms with Gasteiger partial charge in [-0.3, -0.25) is 20.1 Å². The molecule has 2 aromatic carbocycles. The van der Waals surface area contributed by atoms with Gasteiger partial charge in [0.2, 0.25) is 5.91 Å². The Hall–Kier alpha value is -2.75. The standard InChI is InChI=1S/C33H41N3O/c34-31-29-30(35-29)33(22-25-12-6-2-7-13-25,21-20-24-10-4-1-5-11-24)32(37)36(31)23-26-16-18-28(19-17-26)27-14-8-3-9-15-27/h3,8-9,14-19,24-25,29,34H,1-2,4-7,10-13,20-23H2/t29?,33-/m0/s1. The molecule has 3 fully saturated rings. The molecule has 37 heavy (non-hydrogen) atoms. The number of hydrogen-bond donors (Lipinski definition) is 1. The summed E-state index contributed by atoms with van der Waals surface area (Å²) in [5.41, 5.74) is 4.04. The van der Waals surface area contributed by atoms with Crippen LogP contribution in [0.25, 0.3) is 11.1 Å². The molecule has 0 bridgehead atoms. The summed E-state index contributed by atoms with van der Waals surface area (Å²) < 4.78 is 0. The Balaban J connectivity index is 1.24. The summed E-state index contributed by atoms with van der Waals surface area (Å²) in [4.78, 5) is 21.1. The van der Waals surface area contributed by atoms with Crippen molar-refractivity contribution in [3.05, 3.63) is 60.2 Å². The molecule has 0 radical (unpaired) electrons. The number of hydrogen-bond acceptors (Lipinski definition) is 3. The highest BCUT2D eigenvalue weighted by atomic mass is 16.2. The van der Waals surface area contributed by atoms with Crippen molar-refractivity contribution in [1.82, 2.24) is 4.90 Å². The fourth-order valence-electron chi connectivity index (χ4n) is 7.41. The van der Waals surface area contributed by atoms with Crippen molar-refractivity contribution in [2.24, 2.45) is 22.2 Å². The molecule has 2 aromatic rings. The Bertz CT molecular complexity index is 1140. The number of piperidine rings is 1. The lowest BCUT2D eigenvalue weighted by molar-refractivity contribution is -0.136. The van der Waals surface area contributed by atoms with Gasteiger partial charge in [0.1, 0.15) is 11.9 Å². The van der Waals surface area contributed by atoms with Gasteiger partial charge in [0.15, 0.2) is 0 Å². The van der Waals surface area contributed by atoms with Gasteiger partial charge in [-0.2, -0.15) is 0 Å². The minimum atomic E-state index is -0.474. The van der Waals surface area contributed by atoms with E-state index in [1.807, 2.05) is 6.07 Å². The van der Waals surface area contributed by atoms with E-state index < -0.39 is 5.41 Å². The Morgan fingerprint density at radius 1 is 0.811 bits per heavy atom. The molecule has 6 rings (SSSR count). The van der Waals surface area contributed by atoms with E-state index >= 15 is 0 Å². The Kier molecular flexibility index (Phi) is 7.01. The molecule has 2 aliphatic heterocycles. The molecule has 1 amide bonds. The lowest BCUT2D eigenvalue weighted by Crippen LogP contribution is -2.57. The van der Waals surface area contributed by atoms with Crippen LogP contribution >= 0.6 is 0 Å². The number of rotatable bonds is 8. The van der Waals surface area contributed by atoms with Crippen molar-refractivity contribution < 1.29 is 4.79 Å². The predicted octanol–water partition coefficient (Wildman–Crippen LogP) is 7.81. The number of nitrogens with zero attached hydrogens (tertiary/aromatic N) is 2. The zero-order valence-electron chi connectivity index (χ0n) is 22.1. The highest BCUT2D eigenvalue weighted by Gasteiger charge is 2.60. The Morgan fingerprint density at radius 2 is 1.43 bits per heavy atom. The van der Waals surface area contributed by atoms with Crippen LogP contribution < -0.4 is 0 Å². The third-order valence-electron chi connectivity index (χ3n) is 9.62. The van der Waals surface area contributed by atoms with Crippen molar-refractivity contribution in [3.63, 3.8) is 0 Å². The average molecular weight is 496 g/mol. The van der Waals surface area contributed by atoms with Gasteiger partial charge in [-0.1, -0.05) is 119 Å². The van der Waals surface area contributed by atoms with E-state index in [1.54, 1.807) is 4.90 Å². The van der Waals surface area contributed by atoms with Gasteiger partial charge < -0.3 is 0 Å². The van der Waals surface area contributed by atoms with E-state index in [4.69, 9.17) is 10.4 Å². The topological polar surface area (TPSA) is 56.5 Å². The number of amides is 1. The number of fused-ring (bicyclic) bond motifs is 1. The number of amidine groups is 1. The monoisotopic (exact) mass is 495 g/mol. The smallest absolute Gasteiger partial charge is 0.240 e. The molecule has 0 aromatic heterocycles. The van der Waals surface area contributed by atoms with Crippen LogP contribution in [0.4, 0.5) is 0 Å². The number of carbonyl (C=O) groups excluding carboxylic acids is 1. The number of carbonyl (C=O) groups is 1. The van der Waals surface area contributed by atoms with Gasteiger partial charge in [0.25, 0.3) is 0 Å². The number of aliphatic imine (C=N–C) groups is 1. The van der Waals surface area contributed by atoms with Gasteiger partial charge in [-0.05, 0) is 47.8 Å². The van der Waals surface area contributed by atoms with E-state index in [0.717, 1.165) is 36.5 Å². The third kappa shape index (κ3) is 5.04. The predicted molar refractivity (Wildman–Crippen MR) is 151 cm³/mol. The molecule has 2 aliphatic carbocycles. The zero-order valence-corrected chi connectivity index (χ0v) is 22.1. The lowest BCUT2D eigenvalue weighted by atomic mass is 9.66. The first-order chi connectivity index (χ1) is 18.1. The van der Waals surface area contributed by atoms with Crippen molar-refractivity contribution >= 4 is 17.5 Å². The average Bonchev–Trinajstić information content (AvgIpc) is 3.77. The highest BCUT2D eigenvalue weighted by molar-refractivity contribution is 6.33. The first-order valence-electron chi connectivity index (χ1n) is 14.8. The summed E-state index contributed by atoms with van der Waals surface area (Å²) in [6, 6.07) is 18.8. The first-order valence-corrected chi connectivity index (χ1v) is 14.8. The summed E-state index contributed by atoms with van der Waals surface area (Å²) in [5.74, 6) is 1.93. The van der Waals surface area contributed by atoms with Crippen molar-refractivity contribution in [3.8, 4) is 11.1 Å². The summed E-state index contributed by atoms with van der Waals surface area (Å²) in [6.07, 6.45) is 16.1. The SMILES string of the molecule is N=C1C2N=C2[C@](CCC2CCCCC2)(CC2CCCCC2)C(=O)N1Cc1ccc(-c2ccccc2)cc1. The van der Waals surface area contributed by atoms with Gasteiger partial charge in [-0.15, -0.1) is 0 Å². The molecule has 4 heteroatoms. The fourth-order valence-corrected chi connectivity index (χ4v) is 7.41. The van der Waals surface area contributed by atoms with Gasteiger partial charge in [0.05, 0.1) is 17.7 Å². The van der Waals surface area contributed by atoms with Gasteiger partial charge in [-0.25, -0.2) is 0 Å². The van der Waals surface area contributed by atoms with Crippen LogP contribution in [0.2, 0.25) is 0 Å². The van der Waals surface area contributed by atoms with E-state index in [1.165, 1.54) is 75.3 Å². The van der Waals surface area contributed by atoms with Crippen molar-refractivity contribution in [2.75, 3.05) is 0 Å². The summed E-state index contributed by atoms with van der Waals surface area (Å²) in [5, 5.41) is 8.86. The summed E-state index contributed by atoms with van der Waals surface area (Å²) in [6.45, 7) is 0.474. The molecule has 194 valence electrons. The second-order valence-electron chi connectivity index (χ2n) is 12.1. The van der Waals surface area contributed by atoms with Crippen molar-refractivity contribution in [2.45, 2.75) is 96.1 Å². The van der Waals surface area contributed by atoms with Crippen LogP contribution in [-0.2, 0) is 11.3 Å². The third-order valence-corrected chi connectivity index (χ3v) is 9.62. The van der Waals surface area contributed by atoms with Crippen LogP contribution in [0.5, 0.6) is 0 Å². The molecule has 4 aliphatic rings. The maximum Gasteiger partial charge on any atom is 0.240 e. The fraction of sp³-hybridized carbons (Fsp3) is 0.545. The molecule has 1 unspecified atom stereocenters. The largest absolute Gasteiger partial charge is 0.293 e. The molecule has 1 N–H and O–H groups in total. The normalized spacial score (nSPS) is 26.6. The van der Waals surface area contributed by atoms with Gasteiger partial charge >= 0.3 is 0 Å². The van der Waals surface area contributed by atoms with E-state index in [0.29, 0.717) is 18.3 Å². The highest BCUT2D eigenvalue weighted by Crippen LogP contribution is 2.50. The minimum Gasteiger partial charge on any atom is -0.293 e. The van der Waals surface area contributed by atoms with Crippen LogP contribution in [0, 0.1) is 22.7 Å². The molecular weight excluding hydrogens is 454 g/mol. The molecule has 2 saturated carbocycles. The second kappa shape index (κ2) is 10.6. The summed E-state index contributed by atoms with van der Waals surface area (Å²) in [7, 11) is 0.